The number of allylic oxidation sites excluding steroid dienone is 7. The first-order valence-electron chi connectivity index (χ1n) is 24.4. The van der Waals surface area contributed by atoms with Crippen LogP contribution in [0.5, 0.6) is 0 Å². The maximum absolute atomic E-state index is 13.1. The maximum atomic E-state index is 13.1. The Bertz CT molecular complexity index is 1430. The molecule has 0 aromatic carbocycles. The van der Waals surface area contributed by atoms with Crippen LogP contribution in [0.25, 0.3) is 0 Å². The molecule has 0 aliphatic carbocycles. The first kappa shape index (κ1) is 59.1. The molecular weight excluding hydrogens is 879 g/mol. The summed E-state index contributed by atoms with van der Waals surface area (Å²) in [7, 11) is 0. The fraction of sp³-hybridized carbons (Fsp3) is 0.812. The molecule has 3 saturated heterocycles. The van der Waals surface area contributed by atoms with E-state index in [0.29, 0.717) is 12.8 Å². The van der Waals surface area contributed by atoms with Gasteiger partial charge in [-0.2, -0.15) is 0 Å². The standard InChI is InChI=1S/C48H83NO18/c1-3-5-7-9-11-13-15-17-19-21-23-25-32(53)31(49-36(54)26-24-22-20-18-16-14-12-10-8-6-4-2)30-62-46-42(60)39(57)44(34(28-51)64-46)67-48-43(61)40(58)45(35(29-52)65-48)66-47-41(59)38(56)37(55)33(27-50)63-47/h7,9-10,12,15,17,23,25,31-35,37-48,50-53,55-61H,3-6,8,11,13-14,16,18-22,24,26-30H2,1-2H3,(H,49,54)/b9-7+,12-10-,17-15+,25-23+. The molecule has 19 nitrogen and oxygen atoms in total. The van der Waals surface area contributed by atoms with Crippen molar-refractivity contribution in [3.05, 3.63) is 48.6 Å². The minimum Gasteiger partial charge on any atom is -0.394 e. The predicted octanol–water partition coefficient (Wildman–Crippen LogP) is 0.803. The first-order valence-corrected chi connectivity index (χ1v) is 24.4. The van der Waals surface area contributed by atoms with Crippen molar-refractivity contribution >= 4 is 5.91 Å². The SMILES string of the molecule is CCC/C=C/CC/C=C/CC/C=C/C(O)C(COC1OC(CO)C(OC2OC(CO)C(OC3OC(CO)C(O)C(O)C3O)C(O)C2O)C(O)C1O)NC(=O)CCCCCCC/C=C\CCCC. The lowest BCUT2D eigenvalue weighted by molar-refractivity contribution is -0.379. The average molecular weight is 962 g/mol. The van der Waals surface area contributed by atoms with Crippen LogP contribution in [0, 0.1) is 0 Å². The third-order valence-electron chi connectivity index (χ3n) is 12.1. The van der Waals surface area contributed by atoms with Gasteiger partial charge in [0, 0.05) is 6.42 Å². The van der Waals surface area contributed by atoms with E-state index in [4.69, 9.17) is 28.4 Å². The van der Waals surface area contributed by atoms with Gasteiger partial charge in [0.1, 0.15) is 73.2 Å². The van der Waals surface area contributed by atoms with E-state index in [1.165, 1.54) is 12.8 Å². The van der Waals surface area contributed by atoms with Gasteiger partial charge >= 0.3 is 0 Å². The van der Waals surface area contributed by atoms with E-state index in [2.05, 4.69) is 55.6 Å². The van der Waals surface area contributed by atoms with E-state index in [-0.39, 0.29) is 18.9 Å². The lowest BCUT2D eigenvalue weighted by atomic mass is 9.96. The zero-order valence-electron chi connectivity index (χ0n) is 39.4. The zero-order chi connectivity index (χ0) is 49.1. The summed E-state index contributed by atoms with van der Waals surface area (Å²) >= 11 is 0. The second kappa shape index (κ2) is 33.4. The maximum Gasteiger partial charge on any atom is 0.220 e. The van der Waals surface area contributed by atoms with Crippen molar-refractivity contribution in [2.75, 3.05) is 26.4 Å². The minimum absolute atomic E-state index is 0.219. The second-order valence-electron chi connectivity index (χ2n) is 17.5. The molecule has 3 fully saturated rings. The summed E-state index contributed by atoms with van der Waals surface area (Å²) in [5.74, 6) is -0.307. The molecular formula is C48H83NO18. The number of hydrogen-bond donors (Lipinski definition) is 12. The third-order valence-corrected chi connectivity index (χ3v) is 12.1. The van der Waals surface area contributed by atoms with Crippen LogP contribution >= 0.6 is 0 Å². The Morgan fingerprint density at radius 1 is 0.522 bits per heavy atom. The quantitative estimate of drug-likeness (QED) is 0.0328. The van der Waals surface area contributed by atoms with Gasteiger partial charge in [-0.25, -0.2) is 0 Å². The lowest BCUT2D eigenvalue weighted by Gasteiger charge is -2.48. The van der Waals surface area contributed by atoms with Crippen molar-refractivity contribution < 1.29 is 89.4 Å². The number of carbonyl (C=O) groups excluding carboxylic acids is 1. The van der Waals surface area contributed by atoms with Gasteiger partial charge in [0.05, 0.1) is 38.6 Å². The molecule has 3 aliphatic rings. The molecule has 388 valence electrons. The highest BCUT2D eigenvalue weighted by Crippen LogP contribution is 2.33. The zero-order valence-corrected chi connectivity index (χ0v) is 39.4. The molecule has 3 aliphatic heterocycles. The van der Waals surface area contributed by atoms with Crippen LogP contribution < -0.4 is 5.32 Å². The fourth-order valence-electron chi connectivity index (χ4n) is 7.91. The summed E-state index contributed by atoms with van der Waals surface area (Å²) in [6, 6.07) is -0.996. The Balaban J connectivity index is 1.60. The first-order chi connectivity index (χ1) is 32.3. The molecule has 12 N–H and O–H groups in total. The smallest absolute Gasteiger partial charge is 0.220 e. The van der Waals surface area contributed by atoms with Crippen molar-refractivity contribution in [2.24, 2.45) is 0 Å². The third kappa shape index (κ3) is 19.8. The number of nitrogens with one attached hydrogen (secondary N) is 1. The van der Waals surface area contributed by atoms with Crippen molar-refractivity contribution in [1.29, 1.82) is 0 Å². The van der Waals surface area contributed by atoms with E-state index >= 15 is 0 Å². The van der Waals surface area contributed by atoms with Crippen LogP contribution in [0.4, 0.5) is 0 Å². The number of hydrogen-bond acceptors (Lipinski definition) is 18. The molecule has 1 amide bonds. The predicted molar refractivity (Wildman–Crippen MR) is 245 cm³/mol. The molecule has 0 radical (unpaired) electrons. The summed E-state index contributed by atoms with van der Waals surface area (Å²) in [6.07, 6.45) is 4.28. The van der Waals surface area contributed by atoms with Gasteiger partial charge in [-0.05, 0) is 57.8 Å². The highest BCUT2D eigenvalue weighted by Gasteiger charge is 2.53. The number of aliphatic hydroxyl groups is 11. The number of ether oxygens (including phenoxy) is 6. The van der Waals surface area contributed by atoms with Crippen LogP contribution in [0.15, 0.2) is 48.6 Å². The number of carbonyl (C=O) groups is 1. The molecule has 67 heavy (non-hydrogen) atoms. The van der Waals surface area contributed by atoms with Crippen LogP contribution in [0.1, 0.15) is 117 Å². The molecule has 17 unspecified atom stereocenters. The average Bonchev–Trinajstić information content (AvgIpc) is 3.32. The van der Waals surface area contributed by atoms with Gasteiger partial charge in [0.2, 0.25) is 5.91 Å². The molecule has 0 bridgehead atoms. The minimum atomic E-state index is -1.98. The Labute approximate surface area is 395 Å². The van der Waals surface area contributed by atoms with Gasteiger partial charge in [-0.15, -0.1) is 0 Å². The fourth-order valence-corrected chi connectivity index (χ4v) is 7.91. The van der Waals surface area contributed by atoms with Crippen LogP contribution in [-0.4, -0.2) is 193 Å². The summed E-state index contributed by atoms with van der Waals surface area (Å²) in [6.45, 7) is 1.50. The highest BCUT2D eigenvalue weighted by molar-refractivity contribution is 5.76. The van der Waals surface area contributed by atoms with Crippen LogP contribution in [-0.2, 0) is 33.2 Å². The van der Waals surface area contributed by atoms with E-state index in [1.54, 1.807) is 12.2 Å². The van der Waals surface area contributed by atoms with Gasteiger partial charge in [0.25, 0.3) is 0 Å². The van der Waals surface area contributed by atoms with Crippen LogP contribution in [0.2, 0.25) is 0 Å². The summed E-state index contributed by atoms with van der Waals surface area (Å²) in [5, 5.41) is 119. The Morgan fingerprint density at radius 2 is 0.985 bits per heavy atom. The van der Waals surface area contributed by atoms with Gasteiger partial charge in [-0.1, -0.05) is 101 Å². The second-order valence-corrected chi connectivity index (χ2v) is 17.5. The summed E-state index contributed by atoms with van der Waals surface area (Å²) < 4.78 is 34.0. The topological polar surface area (TPSA) is 307 Å². The van der Waals surface area contributed by atoms with Gasteiger partial charge < -0.3 is 89.9 Å². The van der Waals surface area contributed by atoms with Crippen molar-refractivity contribution in [3.63, 3.8) is 0 Å². The van der Waals surface area contributed by atoms with Gasteiger partial charge in [0.15, 0.2) is 18.9 Å². The molecule has 3 heterocycles. The Hall–Kier alpha value is -2.25. The van der Waals surface area contributed by atoms with Crippen LogP contribution in [0.3, 0.4) is 0 Å². The summed E-state index contributed by atoms with van der Waals surface area (Å²) in [4.78, 5) is 13.1. The number of amides is 1. The Morgan fingerprint density at radius 3 is 1.55 bits per heavy atom. The molecule has 0 aromatic rings. The summed E-state index contributed by atoms with van der Waals surface area (Å²) in [5.41, 5.74) is 0. The van der Waals surface area contributed by atoms with Crippen molar-refractivity contribution in [3.8, 4) is 0 Å². The van der Waals surface area contributed by atoms with E-state index in [0.717, 1.165) is 70.6 Å². The van der Waals surface area contributed by atoms with Crippen molar-refractivity contribution in [2.45, 2.75) is 221 Å². The van der Waals surface area contributed by atoms with Crippen molar-refractivity contribution in [1.82, 2.24) is 5.32 Å². The lowest BCUT2D eigenvalue weighted by Crippen LogP contribution is -2.66. The molecule has 3 rings (SSSR count). The number of rotatable bonds is 32. The molecule has 17 atom stereocenters. The highest BCUT2D eigenvalue weighted by atomic mass is 16.8. The molecule has 0 aromatic heterocycles. The van der Waals surface area contributed by atoms with Gasteiger partial charge in [-0.3, -0.25) is 4.79 Å². The molecule has 19 heteroatoms. The number of aliphatic hydroxyl groups excluding tert-OH is 11. The molecule has 0 saturated carbocycles. The largest absolute Gasteiger partial charge is 0.394 e. The molecule has 0 spiro atoms. The monoisotopic (exact) mass is 962 g/mol. The number of unbranched alkanes of at least 4 members (excludes halogenated alkanes) is 10. The van der Waals surface area contributed by atoms with E-state index in [9.17, 15) is 61.0 Å². The van der Waals surface area contributed by atoms with E-state index in [1.807, 2.05) is 0 Å². The normalized spacial score (nSPS) is 33.9. The Kier molecular flexibility index (Phi) is 29.4. The van der Waals surface area contributed by atoms with E-state index < -0.39 is 124 Å².